The van der Waals surface area contributed by atoms with Gasteiger partial charge >= 0.3 is 6.03 Å². The topological polar surface area (TPSA) is 49.3 Å². The van der Waals surface area contributed by atoms with Gasteiger partial charge in [0.15, 0.2) is 0 Å². The average molecular weight is 401 g/mol. The smallest absolute Gasteiger partial charge is 0.321 e. The fraction of sp³-hybridized carbons (Fsp3) is 0.320. The van der Waals surface area contributed by atoms with E-state index in [1.165, 1.54) is 28.2 Å². The summed E-state index contributed by atoms with van der Waals surface area (Å²) in [4.78, 5) is 14.9. The van der Waals surface area contributed by atoms with Crippen LogP contribution in [-0.4, -0.2) is 28.6 Å². The number of nitrogens with one attached hydrogen (secondary N) is 2. The van der Waals surface area contributed by atoms with E-state index >= 15 is 0 Å². The van der Waals surface area contributed by atoms with Crippen molar-refractivity contribution in [1.29, 1.82) is 0 Å². The number of amides is 2. The molecular weight excluding hydrogens is 372 g/mol. The molecule has 0 aliphatic carbocycles. The van der Waals surface area contributed by atoms with Crippen LogP contribution in [-0.2, 0) is 5.54 Å². The van der Waals surface area contributed by atoms with Crippen LogP contribution in [0, 0.1) is 20.8 Å². The number of likely N-dealkylation sites (tertiary alicyclic amines) is 1. The molecule has 0 unspecified atom stereocenters. The lowest BCUT2D eigenvalue weighted by molar-refractivity contribution is 0.174. The Kier molecular flexibility index (Phi) is 4.35. The predicted molar refractivity (Wildman–Crippen MR) is 122 cm³/mol. The van der Waals surface area contributed by atoms with Crippen LogP contribution in [0.5, 0.6) is 0 Å². The molecule has 2 aliphatic heterocycles. The lowest BCUT2D eigenvalue weighted by Gasteiger charge is -2.46. The van der Waals surface area contributed by atoms with Crippen LogP contribution in [0.15, 0.2) is 54.7 Å². The molecule has 5 nitrogen and oxygen atoms in total. The van der Waals surface area contributed by atoms with Crippen LogP contribution >= 0.6 is 0 Å². The number of urea groups is 1. The second-order valence-corrected chi connectivity index (χ2v) is 8.66. The molecule has 30 heavy (non-hydrogen) atoms. The molecule has 1 spiro atoms. The standard InChI is InChI=1S/C25H28N4O/c1-17-9-10-22-21(16-17)27-25(23-8-5-13-29(22)23)11-14-28(15-12-25)24(30)26-20-7-4-6-18(2)19(20)3/h4-10,13,16,27H,11-12,14-15H2,1-3H3,(H,26,30). The molecule has 2 aromatic carbocycles. The van der Waals surface area contributed by atoms with Gasteiger partial charge in [0.2, 0.25) is 0 Å². The summed E-state index contributed by atoms with van der Waals surface area (Å²) >= 11 is 0. The van der Waals surface area contributed by atoms with E-state index in [2.05, 4.69) is 78.6 Å². The van der Waals surface area contributed by atoms with Crippen LogP contribution in [0.1, 0.15) is 35.2 Å². The second-order valence-electron chi connectivity index (χ2n) is 8.66. The van der Waals surface area contributed by atoms with Gasteiger partial charge in [0, 0.05) is 30.7 Å². The van der Waals surface area contributed by atoms with E-state index in [-0.39, 0.29) is 11.6 Å². The summed E-state index contributed by atoms with van der Waals surface area (Å²) in [6.07, 6.45) is 3.90. The zero-order valence-electron chi connectivity index (χ0n) is 17.8. The van der Waals surface area contributed by atoms with E-state index in [9.17, 15) is 4.79 Å². The maximum atomic E-state index is 12.9. The number of carbonyl (C=O) groups excluding carboxylic acids is 1. The summed E-state index contributed by atoms with van der Waals surface area (Å²) in [6, 6.07) is 16.9. The lowest BCUT2D eigenvalue weighted by Crippen LogP contribution is -2.51. The first kappa shape index (κ1) is 18.8. The van der Waals surface area contributed by atoms with E-state index in [4.69, 9.17) is 0 Å². The number of rotatable bonds is 1. The average Bonchev–Trinajstić information content (AvgIpc) is 3.23. The molecule has 1 aromatic heterocycles. The zero-order chi connectivity index (χ0) is 20.9. The molecule has 2 N–H and O–H groups in total. The highest BCUT2D eigenvalue weighted by atomic mass is 16.2. The number of piperidine rings is 1. The number of hydrogen-bond acceptors (Lipinski definition) is 2. The molecule has 154 valence electrons. The summed E-state index contributed by atoms with van der Waals surface area (Å²) in [5.41, 5.74) is 7.97. The van der Waals surface area contributed by atoms with Crippen LogP contribution in [0.3, 0.4) is 0 Å². The van der Waals surface area contributed by atoms with Crippen LogP contribution in [0.25, 0.3) is 5.69 Å². The fourth-order valence-electron chi connectivity index (χ4n) is 4.82. The summed E-state index contributed by atoms with van der Waals surface area (Å²) in [6.45, 7) is 7.68. The summed E-state index contributed by atoms with van der Waals surface area (Å²) < 4.78 is 2.30. The van der Waals surface area contributed by atoms with Gasteiger partial charge in [-0.1, -0.05) is 18.2 Å². The van der Waals surface area contributed by atoms with Crippen molar-refractivity contribution in [2.24, 2.45) is 0 Å². The Morgan fingerprint density at radius 3 is 2.63 bits per heavy atom. The Labute approximate surface area is 177 Å². The first-order valence-electron chi connectivity index (χ1n) is 10.7. The minimum absolute atomic E-state index is 0.0130. The van der Waals surface area contributed by atoms with Crippen molar-refractivity contribution >= 4 is 17.4 Å². The summed E-state index contributed by atoms with van der Waals surface area (Å²) in [7, 11) is 0. The van der Waals surface area contributed by atoms with E-state index in [0.29, 0.717) is 0 Å². The Morgan fingerprint density at radius 1 is 1.03 bits per heavy atom. The molecule has 3 heterocycles. The Balaban J connectivity index is 1.36. The van der Waals surface area contributed by atoms with Crippen LogP contribution in [0.4, 0.5) is 16.2 Å². The third-order valence-corrected chi connectivity index (χ3v) is 6.78. The minimum Gasteiger partial charge on any atom is -0.372 e. The number of aryl methyl sites for hydroxylation is 2. The molecule has 5 heteroatoms. The van der Waals surface area contributed by atoms with Crippen LogP contribution < -0.4 is 10.6 Å². The highest BCUT2D eigenvalue weighted by Crippen LogP contribution is 2.43. The van der Waals surface area contributed by atoms with Gasteiger partial charge < -0.3 is 20.1 Å². The van der Waals surface area contributed by atoms with E-state index in [0.717, 1.165) is 37.2 Å². The number of aromatic nitrogens is 1. The van der Waals surface area contributed by atoms with Crippen molar-refractivity contribution in [2.45, 2.75) is 39.2 Å². The van der Waals surface area contributed by atoms with Gasteiger partial charge in [0.25, 0.3) is 0 Å². The van der Waals surface area contributed by atoms with Crippen molar-refractivity contribution in [3.05, 3.63) is 77.1 Å². The molecule has 2 amide bonds. The number of benzene rings is 2. The fourth-order valence-corrected chi connectivity index (χ4v) is 4.82. The van der Waals surface area contributed by atoms with Crippen molar-refractivity contribution in [3.63, 3.8) is 0 Å². The lowest BCUT2D eigenvalue weighted by atomic mass is 9.82. The number of anilines is 2. The molecule has 0 atom stereocenters. The van der Waals surface area contributed by atoms with Crippen molar-refractivity contribution in [3.8, 4) is 5.69 Å². The Bertz CT molecular complexity index is 1120. The van der Waals surface area contributed by atoms with E-state index < -0.39 is 0 Å². The first-order valence-corrected chi connectivity index (χ1v) is 10.7. The SMILES string of the molecule is Cc1ccc2c(c1)NC1(CCN(C(=O)Nc3cccc(C)c3C)CC1)c1cccn1-2. The molecule has 1 saturated heterocycles. The largest absolute Gasteiger partial charge is 0.372 e. The minimum atomic E-state index is -0.139. The van der Waals surface area contributed by atoms with Gasteiger partial charge in [-0.3, -0.25) is 0 Å². The van der Waals surface area contributed by atoms with Gasteiger partial charge in [-0.2, -0.15) is 0 Å². The molecule has 0 bridgehead atoms. The Hall–Kier alpha value is -3.21. The molecule has 5 rings (SSSR count). The van der Waals surface area contributed by atoms with Gasteiger partial charge in [0.05, 0.1) is 16.9 Å². The molecule has 0 saturated carbocycles. The number of fused-ring (bicyclic) bond motifs is 4. The molecular formula is C25H28N4O. The van der Waals surface area contributed by atoms with E-state index in [1.54, 1.807) is 0 Å². The predicted octanol–water partition coefficient (Wildman–Crippen LogP) is 5.35. The monoisotopic (exact) mass is 400 g/mol. The highest BCUT2D eigenvalue weighted by Gasteiger charge is 2.42. The van der Waals surface area contributed by atoms with Gasteiger partial charge in [-0.05, 0) is 80.6 Å². The maximum Gasteiger partial charge on any atom is 0.321 e. The van der Waals surface area contributed by atoms with Crippen molar-refractivity contribution in [2.75, 3.05) is 23.7 Å². The highest BCUT2D eigenvalue weighted by molar-refractivity contribution is 5.90. The zero-order valence-corrected chi connectivity index (χ0v) is 17.8. The van der Waals surface area contributed by atoms with Gasteiger partial charge in [-0.25, -0.2) is 4.79 Å². The number of nitrogens with zero attached hydrogens (tertiary/aromatic N) is 2. The first-order chi connectivity index (χ1) is 14.5. The quantitative estimate of drug-likeness (QED) is 0.578. The van der Waals surface area contributed by atoms with Crippen LogP contribution in [0.2, 0.25) is 0 Å². The third kappa shape index (κ3) is 2.96. The number of hydrogen-bond donors (Lipinski definition) is 2. The Morgan fingerprint density at radius 2 is 1.83 bits per heavy atom. The maximum absolute atomic E-state index is 12.9. The molecule has 0 radical (unpaired) electrons. The number of carbonyl (C=O) groups is 1. The van der Waals surface area contributed by atoms with Crippen molar-refractivity contribution in [1.82, 2.24) is 9.47 Å². The second kappa shape index (κ2) is 6.94. The molecule has 3 aromatic rings. The summed E-state index contributed by atoms with van der Waals surface area (Å²) in [5, 5.41) is 6.95. The third-order valence-electron chi connectivity index (χ3n) is 6.78. The van der Waals surface area contributed by atoms with Crippen molar-refractivity contribution < 1.29 is 4.79 Å². The van der Waals surface area contributed by atoms with Gasteiger partial charge in [-0.15, -0.1) is 0 Å². The summed E-state index contributed by atoms with van der Waals surface area (Å²) in [5.74, 6) is 0. The normalized spacial score (nSPS) is 16.6. The van der Waals surface area contributed by atoms with Gasteiger partial charge in [0.1, 0.15) is 0 Å². The molecule has 2 aliphatic rings. The molecule has 1 fully saturated rings. The van der Waals surface area contributed by atoms with E-state index in [1.807, 2.05) is 17.0 Å².